The van der Waals surface area contributed by atoms with E-state index in [0.717, 1.165) is 36.3 Å². The van der Waals surface area contributed by atoms with Gasteiger partial charge in [0.1, 0.15) is 18.1 Å². The molecule has 0 heterocycles. The summed E-state index contributed by atoms with van der Waals surface area (Å²) in [6.07, 6.45) is 8.18. The second-order valence-corrected chi connectivity index (χ2v) is 7.71. The van der Waals surface area contributed by atoms with Gasteiger partial charge in [-0.2, -0.15) is 0 Å². The van der Waals surface area contributed by atoms with Gasteiger partial charge in [-0.15, -0.1) is 0 Å². The van der Waals surface area contributed by atoms with Crippen molar-refractivity contribution in [3.8, 4) is 11.5 Å². The van der Waals surface area contributed by atoms with Crippen molar-refractivity contribution >= 4 is 5.69 Å². The predicted molar refractivity (Wildman–Crippen MR) is 113 cm³/mol. The molecule has 2 aromatic rings. The van der Waals surface area contributed by atoms with Crippen LogP contribution in [0, 0.1) is 19.8 Å². The Hall–Kier alpha value is -2.16. The van der Waals surface area contributed by atoms with Crippen molar-refractivity contribution in [2.24, 2.45) is 5.92 Å². The van der Waals surface area contributed by atoms with Crippen molar-refractivity contribution in [3.63, 3.8) is 0 Å². The fraction of sp³-hybridized carbons (Fsp3) is 0.500. The quantitative estimate of drug-likeness (QED) is 0.540. The van der Waals surface area contributed by atoms with Crippen LogP contribution in [0.3, 0.4) is 0 Å². The maximum absolute atomic E-state index is 5.92. The van der Waals surface area contributed by atoms with Crippen molar-refractivity contribution in [1.29, 1.82) is 0 Å². The summed E-state index contributed by atoms with van der Waals surface area (Å²) in [6, 6.07) is 14.5. The Bertz CT molecular complexity index is 690. The molecule has 1 aliphatic carbocycles. The fourth-order valence-corrected chi connectivity index (χ4v) is 3.81. The number of nitrogens with one attached hydrogen (secondary N) is 1. The fourth-order valence-electron chi connectivity index (χ4n) is 3.81. The van der Waals surface area contributed by atoms with Gasteiger partial charge in [0, 0.05) is 12.2 Å². The Labute approximate surface area is 164 Å². The van der Waals surface area contributed by atoms with E-state index in [4.69, 9.17) is 9.47 Å². The van der Waals surface area contributed by atoms with E-state index in [2.05, 4.69) is 43.4 Å². The van der Waals surface area contributed by atoms with E-state index in [0.29, 0.717) is 6.61 Å². The van der Waals surface area contributed by atoms with Crippen LogP contribution in [0.2, 0.25) is 0 Å². The number of aryl methyl sites for hydroxylation is 2. The van der Waals surface area contributed by atoms with Crippen LogP contribution >= 0.6 is 0 Å². The van der Waals surface area contributed by atoms with Crippen molar-refractivity contribution in [3.05, 3.63) is 53.6 Å². The summed E-state index contributed by atoms with van der Waals surface area (Å²) in [7, 11) is 0. The lowest BCUT2D eigenvalue weighted by Gasteiger charge is -2.21. The molecule has 0 aromatic heterocycles. The minimum atomic E-state index is 0.642. The first-order chi connectivity index (χ1) is 13.2. The smallest absolute Gasteiger partial charge is 0.122 e. The lowest BCUT2D eigenvalue weighted by atomic mass is 9.87. The molecule has 0 saturated heterocycles. The molecule has 27 heavy (non-hydrogen) atoms. The van der Waals surface area contributed by atoms with Gasteiger partial charge in [0.15, 0.2) is 0 Å². The zero-order valence-corrected chi connectivity index (χ0v) is 16.8. The van der Waals surface area contributed by atoms with Gasteiger partial charge in [-0.3, -0.25) is 0 Å². The SMILES string of the molecule is Cc1ccc(OCCNc2ccc(OCCC3CCCCC3)cc2)c(C)c1. The number of rotatable bonds is 9. The van der Waals surface area contributed by atoms with Crippen LogP contribution in [-0.2, 0) is 0 Å². The van der Waals surface area contributed by atoms with E-state index in [-0.39, 0.29) is 0 Å². The van der Waals surface area contributed by atoms with Crippen LogP contribution in [-0.4, -0.2) is 19.8 Å². The number of benzene rings is 2. The Balaban J connectivity index is 1.33. The number of hydrogen-bond acceptors (Lipinski definition) is 3. The molecule has 3 heteroatoms. The van der Waals surface area contributed by atoms with Gasteiger partial charge in [-0.05, 0) is 62.1 Å². The van der Waals surface area contributed by atoms with E-state index in [1.165, 1.54) is 49.7 Å². The lowest BCUT2D eigenvalue weighted by molar-refractivity contribution is 0.246. The van der Waals surface area contributed by atoms with E-state index in [9.17, 15) is 0 Å². The van der Waals surface area contributed by atoms with E-state index in [1.54, 1.807) is 0 Å². The third-order valence-corrected chi connectivity index (χ3v) is 5.39. The molecule has 0 bridgehead atoms. The zero-order valence-electron chi connectivity index (χ0n) is 16.8. The van der Waals surface area contributed by atoms with E-state index >= 15 is 0 Å². The van der Waals surface area contributed by atoms with Crippen LogP contribution in [0.4, 0.5) is 5.69 Å². The number of ether oxygens (including phenoxy) is 2. The standard InChI is InChI=1S/C24H33NO2/c1-19-8-13-24(20(2)18-19)27-17-15-25-22-9-11-23(12-10-22)26-16-14-21-6-4-3-5-7-21/h8-13,18,21,25H,3-7,14-17H2,1-2H3. The van der Waals surface area contributed by atoms with E-state index in [1.807, 2.05) is 18.2 Å². The molecule has 2 aromatic carbocycles. The van der Waals surface area contributed by atoms with Gasteiger partial charge in [0.05, 0.1) is 6.61 Å². The summed E-state index contributed by atoms with van der Waals surface area (Å²) in [6.45, 7) is 6.43. The molecule has 0 aliphatic heterocycles. The van der Waals surface area contributed by atoms with Gasteiger partial charge in [0.25, 0.3) is 0 Å². The molecule has 3 nitrogen and oxygen atoms in total. The molecule has 0 spiro atoms. The van der Waals surface area contributed by atoms with Crippen molar-refractivity contribution < 1.29 is 9.47 Å². The maximum atomic E-state index is 5.92. The number of hydrogen-bond donors (Lipinski definition) is 1. The zero-order chi connectivity index (χ0) is 18.9. The Morgan fingerprint density at radius 2 is 1.67 bits per heavy atom. The maximum Gasteiger partial charge on any atom is 0.122 e. The minimum absolute atomic E-state index is 0.642. The predicted octanol–water partition coefficient (Wildman–Crippen LogP) is 6.14. The van der Waals surface area contributed by atoms with Crippen molar-refractivity contribution in [1.82, 2.24) is 0 Å². The highest BCUT2D eigenvalue weighted by Crippen LogP contribution is 2.26. The van der Waals surface area contributed by atoms with Gasteiger partial charge >= 0.3 is 0 Å². The van der Waals surface area contributed by atoms with Crippen LogP contribution in [0.15, 0.2) is 42.5 Å². The third kappa shape index (κ3) is 6.50. The minimum Gasteiger partial charge on any atom is -0.494 e. The summed E-state index contributed by atoms with van der Waals surface area (Å²) >= 11 is 0. The van der Waals surface area contributed by atoms with Crippen LogP contribution < -0.4 is 14.8 Å². The van der Waals surface area contributed by atoms with Gasteiger partial charge < -0.3 is 14.8 Å². The first kappa shape index (κ1) is 19.6. The Morgan fingerprint density at radius 1 is 0.889 bits per heavy atom. The van der Waals surface area contributed by atoms with Gasteiger partial charge in [-0.1, -0.05) is 49.8 Å². The molecule has 1 N–H and O–H groups in total. The van der Waals surface area contributed by atoms with Crippen LogP contribution in [0.25, 0.3) is 0 Å². The van der Waals surface area contributed by atoms with Crippen molar-refractivity contribution in [2.45, 2.75) is 52.4 Å². The monoisotopic (exact) mass is 367 g/mol. The van der Waals surface area contributed by atoms with Crippen LogP contribution in [0.5, 0.6) is 11.5 Å². The summed E-state index contributed by atoms with van der Waals surface area (Å²) in [5.74, 6) is 2.80. The first-order valence-electron chi connectivity index (χ1n) is 10.4. The van der Waals surface area contributed by atoms with Crippen LogP contribution in [0.1, 0.15) is 49.7 Å². The summed E-state index contributed by atoms with van der Waals surface area (Å²) in [5.41, 5.74) is 3.54. The number of anilines is 1. The average Bonchev–Trinajstić information content (AvgIpc) is 2.68. The normalized spacial score (nSPS) is 14.7. The summed E-state index contributed by atoms with van der Waals surface area (Å²) in [5, 5.41) is 3.40. The second-order valence-electron chi connectivity index (χ2n) is 7.71. The molecule has 3 rings (SSSR count). The molecule has 146 valence electrons. The van der Waals surface area contributed by atoms with Gasteiger partial charge in [-0.25, -0.2) is 0 Å². The average molecular weight is 368 g/mol. The van der Waals surface area contributed by atoms with Crippen molar-refractivity contribution in [2.75, 3.05) is 25.1 Å². The molecular weight excluding hydrogens is 334 g/mol. The molecular formula is C24H33NO2. The first-order valence-corrected chi connectivity index (χ1v) is 10.4. The largest absolute Gasteiger partial charge is 0.494 e. The highest BCUT2D eigenvalue weighted by atomic mass is 16.5. The third-order valence-electron chi connectivity index (χ3n) is 5.39. The Kier molecular flexibility index (Phi) is 7.44. The molecule has 0 radical (unpaired) electrons. The molecule has 0 atom stereocenters. The highest BCUT2D eigenvalue weighted by Gasteiger charge is 2.13. The molecule has 1 aliphatic rings. The molecule has 1 saturated carbocycles. The Morgan fingerprint density at radius 3 is 2.41 bits per heavy atom. The van der Waals surface area contributed by atoms with Gasteiger partial charge in [0.2, 0.25) is 0 Å². The summed E-state index contributed by atoms with van der Waals surface area (Å²) < 4.78 is 11.8. The van der Waals surface area contributed by atoms with E-state index < -0.39 is 0 Å². The summed E-state index contributed by atoms with van der Waals surface area (Å²) in [4.78, 5) is 0. The molecule has 0 unspecified atom stereocenters. The highest BCUT2D eigenvalue weighted by molar-refractivity contribution is 5.46. The topological polar surface area (TPSA) is 30.5 Å². The molecule has 1 fully saturated rings. The second kappa shape index (κ2) is 10.2. The lowest BCUT2D eigenvalue weighted by Crippen LogP contribution is -2.12. The molecule has 0 amide bonds.